The maximum Gasteiger partial charge on any atom is 0.250 e. The highest BCUT2D eigenvalue weighted by molar-refractivity contribution is 6.30. The van der Waals surface area contributed by atoms with Gasteiger partial charge in [0.2, 0.25) is 5.56 Å². The molecular formula is C23H32ClN5O2. The van der Waals surface area contributed by atoms with Crippen LogP contribution in [-0.2, 0) is 6.54 Å². The summed E-state index contributed by atoms with van der Waals surface area (Å²) >= 11 is 6.20. The van der Waals surface area contributed by atoms with Gasteiger partial charge in [0.05, 0.1) is 12.8 Å². The van der Waals surface area contributed by atoms with Crippen LogP contribution in [0, 0.1) is 0 Å². The van der Waals surface area contributed by atoms with E-state index in [1.54, 1.807) is 23.8 Å². The van der Waals surface area contributed by atoms with Crippen molar-refractivity contribution in [2.45, 2.75) is 38.8 Å². The van der Waals surface area contributed by atoms with Gasteiger partial charge in [0, 0.05) is 56.1 Å². The molecule has 1 atom stereocenters. The Hall–Kier alpha value is -2.67. The summed E-state index contributed by atoms with van der Waals surface area (Å²) in [7, 11) is 1.68. The molecule has 0 aliphatic carbocycles. The number of nitrogens with zero attached hydrogens (tertiary/aromatic N) is 3. The molecule has 1 aliphatic heterocycles. The van der Waals surface area contributed by atoms with Crippen LogP contribution < -0.4 is 25.8 Å². The topological polar surface area (TPSA) is 70.9 Å². The van der Waals surface area contributed by atoms with E-state index in [1.165, 1.54) is 0 Å². The van der Waals surface area contributed by atoms with Crippen LogP contribution in [0.2, 0.25) is 5.02 Å². The summed E-state index contributed by atoms with van der Waals surface area (Å²) in [6, 6.07) is 11.3. The van der Waals surface area contributed by atoms with Crippen LogP contribution in [0.5, 0.6) is 5.75 Å². The molecule has 1 unspecified atom stereocenters. The average Bonchev–Trinajstić information content (AvgIpc) is 3.23. The van der Waals surface area contributed by atoms with Gasteiger partial charge in [-0.05, 0) is 50.5 Å². The van der Waals surface area contributed by atoms with Gasteiger partial charge in [0.25, 0.3) is 0 Å². The number of hydrogen-bond donors (Lipinski definition) is 2. The lowest BCUT2D eigenvalue weighted by atomic mass is 10.2. The number of unbranched alkanes of at least 4 members (excludes halogenated alkanes) is 1. The van der Waals surface area contributed by atoms with Gasteiger partial charge in [-0.3, -0.25) is 9.79 Å². The number of anilines is 1. The minimum atomic E-state index is 0.0446. The Bertz CT molecular complexity index is 930. The molecular weight excluding hydrogens is 414 g/mol. The normalized spacial score (nSPS) is 16.4. The van der Waals surface area contributed by atoms with Gasteiger partial charge in [-0.2, -0.15) is 0 Å². The van der Waals surface area contributed by atoms with Crippen LogP contribution in [0.25, 0.3) is 0 Å². The molecule has 1 fully saturated rings. The number of ether oxygens (including phenoxy) is 1. The Balaban J connectivity index is 1.50. The summed E-state index contributed by atoms with van der Waals surface area (Å²) in [5.74, 6) is 1.67. The lowest BCUT2D eigenvalue weighted by molar-refractivity contribution is 0.415. The number of guanidine groups is 1. The van der Waals surface area contributed by atoms with E-state index in [2.05, 4.69) is 22.5 Å². The van der Waals surface area contributed by atoms with Crippen molar-refractivity contribution >= 4 is 23.2 Å². The molecule has 1 aliphatic rings. The van der Waals surface area contributed by atoms with E-state index in [1.807, 2.05) is 30.5 Å². The van der Waals surface area contributed by atoms with Gasteiger partial charge >= 0.3 is 0 Å². The van der Waals surface area contributed by atoms with Crippen molar-refractivity contribution in [3.05, 3.63) is 58.0 Å². The molecule has 0 amide bonds. The van der Waals surface area contributed by atoms with Gasteiger partial charge in [0.1, 0.15) is 5.75 Å². The summed E-state index contributed by atoms with van der Waals surface area (Å²) in [5, 5.41) is 7.60. The molecule has 168 valence electrons. The zero-order valence-corrected chi connectivity index (χ0v) is 19.1. The molecule has 0 bridgehead atoms. The van der Waals surface area contributed by atoms with Crippen molar-refractivity contribution in [2.75, 3.05) is 38.2 Å². The number of aryl methyl sites for hydroxylation is 1. The maximum absolute atomic E-state index is 11.8. The minimum absolute atomic E-state index is 0.0446. The maximum atomic E-state index is 11.8. The molecule has 7 nitrogen and oxygen atoms in total. The Labute approximate surface area is 189 Å². The van der Waals surface area contributed by atoms with E-state index in [0.717, 1.165) is 69.4 Å². The molecule has 2 aromatic rings. The smallest absolute Gasteiger partial charge is 0.250 e. The van der Waals surface area contributed by atoms with Crippen LogP contribution in [0.15, 0.2) is 52.4 Å². The second-order valence-corrected chi connectivity index (χ2v) is 8.03. The number of aliphatic imine (C=N–C) groups is 1. The number of benzene rings is 1. The molecule has 0 saturated carbocycles. The Morgan fingerprint density at radius 1 is 1.29 bits per heavy atom. The van der Waals surface area contributed by atoms with E-state index >= 15 is 0 Å². The summed E-state index contributed by atoms with van der Waals surface area (Å²) < 4.78 is 7.25. The fourth-order valence-corrected chi connectivity index (χ4v) is 3.92. The van der Waals surface area contributed by atoms with Crippen molar-refractivity contribution in [1.29, 1.82) is 0 Å². The molecule has 1 saturated heterocycles. The third-order valence-corrected chi connectivity index (χ3v) is 5.57. The van der Waals surface area contributed by atoms with Gasteiger partial charge in [-0.1, -0.05) is 17.7 Å². The number of pyridine rings is 1. The molecule has 3 rings (SSSR count). The SMILES string of the molecule is CCNC(=NCCCCn1ccccc1=O)NC1CCN(c2cc(Cl)ccc2OC)C1. The number of hydrogen-bond acceptors (Lipinski definition) is 4. The highest BCUT2D eigenvalue weighted by Crippen LogP contribution is 2.33. The Kier molecular flexibility index (Phi) is 8.64. The Morgan fingerprint density at radius 3 is 2.94 bits per heavy atom. The highest BCUT2D eigenvalue weighted by atomic mass is 35.5. The van der Waals surface area contributed by atoms with Gasteiger partial charge in [-0.25, -0.2) is 0 Å². The van der Waals surface area contributed by atoms with E-state index in [9.17, 15) is 4.79 Å². The molecule has 1 aromatic heterocycles. The van der Waals surface area contributed by atoms with Crippen LogP contribution in [0.1, 0.15) is 26.2 Å². The van der Waals surface area contributed by atoms with E-state index in [0.29, 0.717) is 11.1 Å². The van der Waals surface area contributed by atoms with E-state index in [4.69, 9.17) is 21.3 Å². The van der Waals surface area contributed by atoms with Crippen molar-refractivity contribution in [3.63, 3.8) is 0 Å². The number of aromatic nitrogens is 1. The third-order valence-electron chi connectivity index (χ3n) is 5.33. The van der Waals surface area contributed by atoms with Crippen molar-refractivity contribution in [3.8, 4) is 5.75 Å². The largest absolute Gasteiger partial charge is 0.495 e. The molecule has 31 heavy (non-hydrogen) atoms. The second kappa shape index (κ2) is 11.6. The van der Waals surface area contributed by atoms with E-state index < -0.39 is 0 Å². The van der Waals surface area contributed by atoms with Crippen molar-refractivity contribution < 1.29 is 4.74 Å². The predicted octanol–water partition coefficient (Wildman–Crippen LogP) is 3.12. The summed E-state index contributed by atoms with van der Waals surface area (Å²) in [5.41, 5.74) is 1.07. The zero-order valence-electron chi connectivity index (χ0n) is 18.3. The fourth-order valence-electron chi connectivity index (χ4n) is 3.75. The van der Waals surface area contributed by atoms with Crippen molar-refractivity contribution in [1.82, 2.24) is 15.2 Å². The Morgan fingerprint density at radius 2 is 2.16 bits per heavy atom. The van der Waals surface area contributed by atoms with Gasteiger partial charge in [0.15, 0.2) is 5.96 Å². The number of nitrogens with one attached hydrogen (secondary N) is 2. The second-order valence-electron chi connectivity index (χ2n) is 7.59. The first-order valence-electron chi connectivity index (χ1n) is 10.9. The fraction of sp³-hybridized carbons (Fsp3) is 0.478. The molecule has 2 N–H and O–H groups in total. The van der Waals surface area contributed by atoms with Gasteiger partial charge in [-0.15, -0.1) is 0 Å². The standard InChI is InChI=1S/C23H32ClN5O2/c1-3-25-23(26-12-5-7-14-28-13-6-4-8-22(28)30)27-19-11-15-29(17-19)20-16-18(24)9-10-21(20)31-2/h4,6,8-10,13,16,19H,3,5,7,11-12,14-15,17H2,1-2H3,(H2,25,26,27). The van der Waals surface area contributed by atoms with Crippen LogP contribution in [0.4, 0.5) is 5.69 Å². The van der Waals surface area contributed by atoms with Crippen LogP contribution in [-0.4, -0.2) is 49.9 Å². The van der Waals surface area contributed by atoms with E-state index in [-0.39, 0.29) is 5.56 Å². The molecule has 1 aromatic carbocycles. The summed E-state index contributed by atoms with van der Waals surface area (Å²) in [4.78, 5) is 18.8. The lowest BCUT2D eigenvalue weighted by Gasteiger charge is -2.22. The van der Waals surface area contributed by atoms with Crippen LogP contribution >= 0.6 is 11.6 Å². The zero-order chi connectivity index (χ0) is 22.1. The van der Waals surface area contributed by atoms with Crippen molar-refractivity contribution in [2.24, 2.45) is 4.99 Å². The lowest BCUT2D eigenvalue weighted by Crippen LogP contribution is -2.44. The first-order valence-corrected chi connectivity index (χ1v) is 11.3. The molecule has 2 heterocycles. The molecule has 0 radical (unpaired) electrons. The molecule has 0 spiro atoms. The van der Waals surface area contributed by atoms with Crippen LogP contribution in [0.3, 0.4) is 0 Å². The predicted molar refractivity (Wildman–Crippen MR) is 128 cm³/mol. The average molecular weight is 446 g/mol. The minimum Gasteiger partial charge on any atom is -0.495 e. The quantitative estimate of drug-likeness (QED) is 0.352. The first-order chi connectivity index (χ1) is 15.1. The summed E-state index contributed by atoms with van der Waals surface area (Å²) in [6.45, 7) is 6.10. The van der Waals surface area contributed by atoms with Gasteiger partial charge < -0.3 is 24.8 Å². The highest BCUT2D eigenvalue weighted by Gasteiger charge is 2.25. The number of halogens is 1. The molecule has 8 heteroatoms. The first kappa shape index (κ1) is 23.0. The number of methoxy groups -OCH3 is 1. The summed E-state index contributed by atoms with van der Waals surface area (Å²) in [6.07, 6.45) is 4.68. The monoisotopic (exact) mass is 445 g/mol. The number of rotatable bonds is 9. The third kappa shape index (κ3) is 6.66.